The van der Waals surface area contributed by atoms with Gasteiger partial charge in [-0.2, -0.15) is 0 Å². The maximum atomic E-state index is 12.4. The molecule has 0 spiro atoms. The number of nitrogens with zero attached hydrogens (tertiary/aromatic N) is 1. The van der Waals surface area contributed by atoms with Gasteiger partial charge in [0.1, 0.15) is 0 Å². The van der Waals surface area contributed by atoms with Crippen LogP contribution in [0.3, 0.4) is 0 Å². The molecule has 102 valence electrons. The van der Waals surface area contributed by atoms with Crippen LogP contribution in [0.4, 0.5) is 5.69 Å². The molecule has 0 aliphatic carbocycles. The maximum absolute atomic E-state index is 12.4. The van der Waals surface area contributed by atoms with Crippen molar-refractivity contribution in [2.75, 3.05) is 13.6 Å². The van der Waals surface area contributed by atoms with Crippen LogP contribution >= 0.6 is 0 Å². The van der Waals surface area contributed by atoms with Crippen LogP contribution in [0.25, 0.3) is 0 Å². The van der Waals surface area contributed by atoms with Crippen LogP contribution in [-0.2, 0) is 0 Å². The van der Waals surface area contributed by atoms with Crippen molar-refractivity contribution in [2.45, 2.75) is 13.8 Å². The van der Waals surface area contributed by atoms with Gasteiger partial charge in [0, 0.05) is 51.2 Å². The van der Waals surface area contributed by atoms with E-state index in [9.17, 15) is 10.3 Å². The van der Waals surface area contributed by atoms with Crippen LogP contribution in [0.15, 0.2) is 23.7 Å². The van der Waals surface area contributed by atoms with E-state index in [1.165, 1.54) is 0 Å². The smallest absolute Gasteiger partial charge is 0.243 e. The zero-order chi connectivity index (χ0) is 13.4. The SMILES string of the molecule is [CH2-]CN(C)C1=C(C)Oc2c(O)cc(C)cc2[NH+]1[O-].[U]. The summed E-state index contributed by atoms with van der Waals surface area (Å²) >= 11 is 0. The molecule has 0 saturated heterocycles. The minimum Gasteiger partial charge on any atom is -0.622 e. The number of aryl methyl sites for hydroxylation is 1. The van der Waals surface area contributed by atoms with Gasteiger partial charge >= 0.3 is 0 Å². The number of nitrogens with one attached hydrogen (secondary N) is 1. The number of hydrogen-bond donors (Lipinski definition) is 2. The Morgan fingerprint density at radius 3 is 2.63 bits per heavy atom. The van der Waals surface area contributed by atoms with Crippen LogP contribution in [0, 0.1) is 50.2 Å². The molecule has 1 heterocycles. The molecule has 5 nitrogen and oxygen atoms in total. The summed E-state index contributed by atoms with van der Waals surface area (Å²) < 4.78 is 5.56. The minimum absolute atomic E-state index is 0. The molecular formula is C13H17N2O3U-. The Morgan fingerprint density at radius 2 is 2.05 bits per heavy atom. The fraction of sp³-hybridized carbons (Fsp3) is 0.308. The molecule has 0 radical (unpaired) electrons. The Kier molecular flexibility index (Phi) is 5.34. The fourth-order valence-electron chi connectivity index (χ4n) is 2.07. The molecule has 1 atom stereocenters. The number of fused-ring (bicyclic) bond motifs is 1. The van der Waals surface area contributed by atoms with Crippen molar-refractivity contribution < 1.29 is 46.0 Å². The number of hydrogen-bond acceptors (Lipinski definition) is 4. The van der Waals surface area contributed by atoms with Gasteiger partial charge in [0.05, 0.1) is 0 Å². The third-order valence-corrected chi connectivity index (χ3v) is 2.98. The second-order valence-corrected chi connectivity index (χ2v) is 4.42. The van der Waals surface area contributed by atoms with Crippen LogP contribution in [-0.4, -0.2) is 23.6 Å². The maximum Gasteiger partial charge on any atom is 0.243 e. The topological polar surface area (TPSA) is 60.2 Å². The third kappa shape index (κ3) is 2.92. The number of phenolic OH excluding ortho intramolecular Hbond substituents is 1. The van der Waals surface area contributed by atoms with Gasteiger partial charge in [-0.3, -0.25) is 5.06 Å². The van der Waals surface area contributed by atoms with E-state index in [4.69, 9.17) is 4.74 Å². The number of allylic oxidation sites excluding steroid dienone is 1. The molecule has 2 N–H and O–H groups in total. The number of rotatable bonds is 2. The van der Waals surface area contributed by atoms with E-state index < -0.39 is 0 Å². The van der Waals surface area contributed by atoms with Gasteiger partial charge in [-0.25, -0.2) is 0 Å². The Morgan fingerprint density at radius 1 is 1.42 bits per heavy atom. The zero-order valence-electron chi connectivity index (χ0n) is 11.3. The van der Waals surface area contributed by atoms with E-state index in [1.807, 2.05) is 6.92 Å². The molecule has 19 heavy (non-hydrogen) atoms. The normalized spacial score (nSPS) is 17.4. The molecule has 1 aliphatic heterocycles. The first-order valence-corrected chi connectivity index (χ1v) is 5.73. The first-order valence-electron chi connectivity index (χ1n) is 5.73. The van der Waals surface area contributed by atoms with Gasteiger partial charge in [-0.15, -0.1) is 6.54 Å². The van der Waals surface area contributed by atoms with Crippen LogP contribution in [0.1, 0.15) is 12.5 Å². The molecule has 0 fully saturated rings. The summed E-state index contributed by atoms with van der Waals surface area (Å²) in [6.45, 7) is 7.76. The molecule has 0 aromatic heterocycles. The van der Waals surface area contributed by atoms with Crippen molar-refractivity contribution in [1.82, 2.24) is 4.90 Å². The van der Waals surface area contributed by atoms with Crippen molar-refractivity contribution in [3.05, 3.63) is 41.4 Å². The second kappa shape index (κ2) is 6.19. The third-order valence-electron chi connectivity index (χ3n) is 2.98. The van der Waals surface area contributed by atoms with E-state index in [1.54, 1.807) is 31.0 Å². The largest absolute Gasteiger partial charge is 0.622 e. The summed E-state index contributed by atoms with van der Waals surface area (Å²) in [7, 11) is 1.79. The summed E-state index contributed by atoms with van der Waals surface area (Å²) in [5.41, 5.74) is 1.22. The summed E-state index contributed by atoms with van der Waals surface area (Å²) in [6, 6.07) is 3.30. The average molecular weight is 487 g/mol. The van der Waals surface area contributed by atoms with Gasteiger partial charge in [0.25, 0.3) is 0 Å². The predicted octanol–water partition coefficient (Wildman–Crippen LogP) is 1.06. The Hall–Kier alpha value is -0.668. The van der Waals surface area contributed by atoms with Crippen molar-refractivity contribution in [1.29, 1.82) is 0 Å². The summed E-state index contributed by atoms with van der Waals surface area (Å²) in [4.78, 5) is 1.74. The molecule has 2 rings (SSSR count). The van der Waals surface area contributed by atoms with Crippen molar-refractivity contribution >= 4 is 5.69 Å². The molecule has 0 saturated carbocycles. The van der Waals surface area contributed by atoms with Crippen molar-refractivity contribution in [3.8, 4) is 11.5 Å². The van der Waals surface area contributed by atoms with E-state index in [2.05, 4.69) is 6.92 Å². The number of quaternary nitrogens is 1. The molecule has 0 amide bonds. The Balaban J connectivity index is 0.00000180. The molecule has 1 aromatic rings. The van der Waals surface area contributed by atoms with Gasteiger partial charge in [-0.1, -0.05) is 0 Å². The quantitative estimate of drug-likeness (QED) is 0.484. The molecule has 1 aromatic carbocycles. The molecule has 1 unspecified atom stereocenters. The van der Waals surface area contributed by atoms with Crippen LogP contribution in [0.5, 0.6) is 11.5 Å². The van der Waals surface area contributed by atoms with Gasteiger partial charge < -0.3 is 26.9 Å². The summed E-state index contributed by atoms with van der Waals surface area (Å²) in [5.74, 6) is 1.21. The zero-order valence-corrected chi connectivity index (χ0v) is 15.4. The number of aromatic hydroxyl groups is 1. The van der Waals surface area contributed by atoms with E-state index >= 15 is 0 Å². The Labute approximate surface area is 136 Å². The van der Waals surface area contributed by atoms with Gasteiger partial charge in [-0.05, 0) is 18.6 Å². The summed E-state index contributed by atoms with van der Waals surface area (Å²) in [6.07, 6.45) is 0. The second-order valence-electron chi connectivity index (χ2n) is 4.42. The number of hydroxylamine groups is 1. The predicted molar refractivity (Wildman–Crippen MR) is 68.1 cm³/mol. The first-order chi connectivity index (χ1) is 8.45. The van der Waals surface area contributed by atoms with E-state index in [0.29, 0.717) is 23.8 Å². The fourth-order valence-corrected chi connectivity index (χ4v) is 2.07. The van der Waals surface area contributed by atoms with Gasteiger partial charge in [0.2, 0.25) is 11.6 Å². The standard InChI is InChI=1S/C13H17N2O3.U/c1-5-14(4)13-9(3)18-12-10(15(13)17)6-8(2)7-11(12)16;/h6-7,15-16H,1,5H2,2-4H3;/q-1;. The van der Waals surface area contributed by atoms with E-state index in [-0.39, 0.29) is 47.7 Å². The van der Waals surface area contributed by atoms with Crippen LogP contribution in [0.2, 0.25) is 0 Å². The molecule has 0 bridgehead atoms. The molecule has 1 aliphatic rings. The monoisotopic (exact) mass is 487 g/mol. The van der Waals surface area contributed by atoms with Gasteiger partial charge in [0.15, 0.2) is 17.2 Å². The number of benzene rings is 1. The first kappa shape index (κ1) is 16.4. The van der Waals surface area contributed by atoms with Crippen molar-refractivity contribution in [3.63, 3.8) is 0 Å². The van der Waals surface area contributed by atoms with Crippen LogP contribution < -0.4 is 9.80 Å². The minimum atomic E-state index is -0.140. The number of ether oxygens (including phenoxy) is 1. The Bertz CT molecular complexity index is 517. The van der Waals surface area contributed by atoms with E-state index in [0.717, 1.165) is 5.56 Å². The van der Waals surface area contributed by atoms with Crippen molar-refractivity contribution in [2.24, 2.45) is 0 Å². The number of phenols is 1. The average Bonchev–Trinajstić information content (AvgIpc) is 2.30. The molecular weight excluding hydrogens is 470 g/mol. The molecule has 6 heteroatoms. The summed E-state index contributed by atoms with van der Waals surface area (Å²) in [5, 5.41) is 22.1.